The van der Waals surface area contributed by atoms with Gasteiger partial charge in [0, 0.05) is 25.2 Å². The summed E-state index contributed by atoms with van der Waals surface area (Å²) < 4.78 is 0. The molecule has 2 heteroatoms. The summed E-state index contributed by atoms with van der Waals surface area (Å²) in [5.41, 5.74) is 0. The molecule has 3 rings (SSSR count). The smallest absolute Gasteiger partial charge is 0.0198 e. The van der Waals surface area contributed by atoms with Crippen molar-refractivity contribution in [2.45, 2.75) is 57.5 Å². The average molecular weight is 222 g/mol. The third-order valence-corrected chi connectivity index (χ3v) is 4.49. The standard InChI is InChI=1S/C14H26N2/c1-2-15-13-8-12(7-11-3-4-11)9-16(10-13)14-5-6-14/h11-15H,2-10H2,1H3. The predicted molar refractivity (Wildman–Crippen MR) is 67.5 cm³/mol. The summed E-state index contributed by atoms with van der Waals surface area (Å²) >= 11 is 0. The van der Waals surface area contributed by atoms with E-state index in [0.29, 0.717) is 0 Å². The first-order valence-corrected chi connectivity index (χ1v) is 7.32. The minimum absolute atomic E-state index is 0.781. The maximum atomic E-state index is 3.68. The van der Waals surface area contributed by atoms with Gasteiger partial charge in [0.15, 0.2) is 0 Å². The van der Waals surface area contributed by atoms with Gasteiger partial charge in [-0.1, -0.05) is 19.8 Å². The van der Waals surface area contributed by atoms with Gasteiger partial charge >= 0.3 is 0 Å². The molecule has 16 heavy (non-hydrogen) atoms. The van der Waals surface area contributed by atoms with Gasteiger partial charge in [0.25, 0.3) is 0 Å². The maximum Gasteiger partial charge on any atom is 0.0198 e. The first kappa shape index (κ1) is 11.0. The number of nitrogens with zero attached hydrogens (tertiary/aromatic N) is 1. The predicted octanol–water partition coefficient (Wildman–Crippen LogP) is 2.25. The van der Waals surface area contributed by atoms with E-state index in [0.717, 1.165) is 30.5 Å². The minimum Gasteiger partial charge on any atom is -0.313 e. The molecule has 2 atom stereocenters. The molecule has 1 aliphatic heterocycles. The monoisotopic (exact) mass is 222 g/mol. The number of hydrogen-bond acceptors (Lipinski definition) is 2. The van der Waals surface area contributed by atoms with Crippen LogP contribution in [0.1, 0.15) is 45.4 Å². The van der Waals surface area contributed by atoms with Crippen LogP contribution in [0.15, 0.2) is 0 Å². The van der Waals surface area contributed by atoms with Gasteiger partial charge in [-0.05, 0) is 44.1 Å². The van der Waals surface area contributed by atoms with E-state index in [1.165, 1.54) is 51.6 Å². The van der Waals surface area contributed by atoms with Crippen LogP contribution < -0.4 is 5.32 Å². The molecule has 0 bridgehead atoms. The van der Waals surface area contributed by atoms with Crippen LogP contribution in [0.3, 0.4) is 0 Å². The summed E-state index contributed by atoms with van der Waals surface area (Å²) in [6.45, 7) is 6.11. The molecule has 1 N–H and O–H groups in total. The molecule has 2 unspecified atom stereocenters. The SMILES string of the molecule is CCNC1CC(CC2CC2)CN(C2CC2)C1. The lowest BCUT2D eigenvalue weighted by Crippen LogP contribution is -2.50. The average Bonchev–Trinajstić information content (AvgIpc) is 3.13. The third kappa shape index (κ3) is 2.78. The molecule has 3 aliphatic rings. The second-order valence-electron chi connectivity index (χ2n) is 6.22. The molecule has 2 saturated carbocycles. The van der Waals surface area contributed by atoms with Gasteiger partial charge in [0.05, 0.1) is 0 Å². The van der Waals surface area contributed by atoms with Crippen LogP contribution in [0, 0.1) is 11.8 Å². The van der Waals surface area contributed by atoms with Crippen LogP contribution in [0.4, 0.5) is 0 Å². The van der Waals surface area contributed by atoms with Crippen molar-refractivity contribution in [1.29, 1.82) is 0 Å². The quantitative estimate of drug-likeness (QED) is 0.767. The summed E-state index contributed by atoms with van der Waals surface area (Å²) in [4.78, 5) is 2.78. The fourth-order valence-corrected chi connectivity index (χ4v) is 3.41. The Balaban J connectivity index is 1.55. The van der Waals surface area contributed by atoms with Crippen LogP contribution in [0.25, 0.3) is 0 Å². The molecule has 0 spiro atoms. The lowest BCUT2D eigenvalue weighted by atomic mass is 9.89. The van der Waals surface area contributed by atoms with Crippen molar-refractivity contribution >= 4 is 0 Å². The molecule has 92 valence electrons. The van der Waals surface area contributed by atoms with Gasteiger partial charge < -0.3 is 5.32 Å². The van der Waals surface area contributed by atoms with Gasteiger partial charge in [-0.2, -0.15) is 0 Å². The highest BCUT2D eigenvalue weighted by Gasteiger charge is 2.37. The molecule has 1 saturated heterocycles. The van der Waals surface area contributed by atoms with Gasteiger partial charge in [0.2, 0.25) is 0 Å². The number of likely N-dealkylation sites (tertiary alicyclic amines) is 1. The Hall–Kier alpha value is -0.0800. The van der Waals surface area contributed by atoms with E-state index in [9.17, 15) is 0 Å². The highest BCUT2D eigenvalue weighted by atomic mass is 15.2. The van der Waals surface area contributed by atoms with E-state index in [-0.39, 0.29) is 0 Å². The summed E-state index contributed by atoms with van der Waals surface area (Å²) in [7, 11) is 0. The molecule has 0 aromatic rings. The molecule has 0 amide bonds. The number of rotatable bonds is 5. The molecule has 0 aromatic carbocycles. The van der Waals surface area contributed by atoms with Gasteiger partial charge in [-0.3, -0.25) is 4.90 Å². The molecule has 2 aliphatic carbocycles. The van der Waals surface area contributed by atoms with Crippen LogP contribution in [-0.4, -0.2) is 36.6 Å². The zero-order chi connectivity index (χ0) is 11.0. The fourth-order valence-electron chi connectivity index (χ4n) is 3.41. The zero-order valence-electron chi connectivity index (χ0n) is 10.6. The van der Waals surface area contributed by atoms with Crippen molar-refractivity contribution in [2.24, 2.45) is 11.8 Å². The van der Waals surface area contributed by atoms with Crippen LogP contribution in [0.2, 0.25) is 0 Å². The molecular formula is C14H26N2. The Morgan fingerprint density at radius 2 is 1.88 bits per heavy atom. The number of piperidine rings is 1. The maximum absolute atomic E-state index is 3.68. The topological polar surface area (TPSA) is 15.3 Å². The van der Waals surface area contributed by atoms with Crippen molar-refractivity contribution in [2.75, 3.05) is 19.6 Å². The van der Waals surface area contributed by atoms with E-state index >= 15 is 0 Å². The molecule has 0 aromatic heterocycles. The molecule has 0 radical (unpaired) electrons. The van der Waals surface area contributed by atoms with Crippen molar-refractivity contribution in [3.8, 4) is 0 Å². The van der Waals surface area contributed by atoms with Crippen LogP contribution in [0.5, 0.6) is 0 Å². The highest BCUT2D eigenvalue weighted by molar-refractivity contribution is 4.93. The summed E-state index contributed by atoms with van der Waals surface area (Å²) in [5.74, 6) is 2.09. The Morgan fingerprint density at radius 1 is 1.06 bits per heavy atom. The second kappa shape index (κ2) is 4.66. The lowest BCUT2D eigenvalue weighted by molar-refractivity contribution is 0.126. The Kier molecular flexibility index (Phi) is 3.21. The fraction of sp³-hybridized carbons (Fsp3) is 1.00. The second-order valence-corrected chi connectivity index (χ2v) is 6.22. The van der Waals surface area contributed by atoms with Crippen LogP contribution in [-0.2, 0) is 0 Å². The van der Waals surface area contributed by atoms with Crippen molar-refractivity contribution in [1.82, 2.24) is 10.2 Å². The summed E-state index contributed by atoms with van der Waals surface area (Å²) in [5, 5.41) is 3.68. The molecule has 3 fully saturated rings. The Morgan fingerprint density at radius 3 is 2.50 bits per heavy atom. The van der Waals surface area contributed by atoms with E-state index in [1.54, 1.807) is 0 Å². The molecule has 1 heterocycles. The molecular weight excluding hydrogens is 196 g/mol. The first-order chi connectivity index (χ1) is 7.85. The van der Waals surface area contributed by atoms with Crippen LogP contribution >= 0.6 is 0 Å². The number of nitrogens with one attached hydrogen (secondary N) is 1. The van der Waals surface area contributed by atoms with E-state index in [2.05, 4.69) is 17.1 Å². The first-order valence-electron chi connectivity index (χ1n) is 7.32. The lowest BCUT2D eigenvalue weighted by Gasteiger charge is -2.38. The normalized spacial score (nSPS) is 36.6. The van der Waals surface area contributed by atoms with E-state index in [1.807, 2.05) is 0 Å². The van der Waals surface area contributed by atoms with Crippen molar-refractivity contribution in [3.05, 3.63) is 0 Å². The summed E-state index contributed by atoms with van der Waals surface area (Å²) in [6, 6.07) is 1.74. The van der Waals surface area contributed by atoms with E-state index < -0.39 is 0 Å². The van der Waals surface area contributed by atoms with Crippen molar-refractivity contribution in [3.63, 3.8) is 0 Å². The summed E-state index contributed by atoms with van der Waals surface area (Å²) in [6.07, 6.45) is 8.93. The van der Waals surface area contributed by atoms with Gasteiger partial charge in [0.1, 0.15) is 0 Å². The highest BCUT2D eigenvalue weighted by Crippen LogP contribution is 2.39. The zero-order valence-corrected chi connectivity index (χ0v) is 10.6. The number of likely N-dealkylation sites (N-methyl/N-ethyl adjacent to an activating group) is 1. The molecule has 2 nitrogen and oxygen atoms in total. The largest absolute Gasteiger partial charge is 0.313 e. The van der Waals surface area contributed by atoms with Gasteiger partial charge in [-0.25, -0.2) is 0 Å². The minimum atomic E-state index is 0.781. The van der Waals surface area contributed by atoms with E-state index in [4.69, 9.17) is 0 Å². The Bertz CT molecular complexity index is 233. The third-order valence-electron chi connectivity index (χ3n) is 4.49. The Labute approximate surface area is 99.8 Å². The number of hydrogen-bond donors (Lipinski definition) is 1. The van der Waals surface area contributed by atoms with Crippen molar-refractivity contribution < 1.29 is 0 Å². The van der Waals surface area contributed by atoms with Gasteiger partial charge in [-0.15, -0.1) is 0 Å².